The van der Waals surface area contributed by atoms with Crippen LogP contribution < -0.4 is 11.5 Å². The van der Waals surface area contributed by atoms with Gasteiger partial charge in [-0.3, -0.25) is 0 Å². The van der Waals surface area contributed by atoms with Gasteiger partial charge < -0.3 is 11.5 Å². The van der Waals surface area contributed by atoms with Crippen LogP contribution >= 0.6 is 0 Å². The monoisotopic (exact) mass is 73.0 g/mol. The Hall–Kier alpha value is 0.137. The van der Waals surface area contributed by atoms with E-state index in [0.29, 0.717) is 0 Å². The van der Waals surface area contributed by atoms with Gasteiger partial charge in [-0.05, 0) is 0 Å². The summed E-state index contributed by atoms with van der Waals surface area (Å²) < 4.78 is 0. The molecule has 4 N–H and O–H groups in total. The number of hydrogen-bond acceptors (Lipinski definition) is 2. The van der Waals surface area contributed by atoms with Crippen molar-refractivity contribution in [3.05, 3.63) is 0 Å². The lowest BCUT2D eigenvalue weighted by atomic mass is 11.2. The fourth-order valence-electron chi connectivity index (χ4n) is 0. The molecule has 4 heavy (non-hydrogen) atoms. The second-order valence-corrected chi connectivity index (χ2v) is 1.19. The van der Waals surface area contributed by atoms with Crippen molar-refractivity contribution in [3.8, 4) is 0 Å². The molecule has 3 heteroatoms. The molecule has 0 atom stereocenters. The predicted octanol–water partition coefficient (Wildman–Crippen LogP) is -1.64. The maximum atomic E-state index is 4.80. The van der Waals surface area contributed by atoms with Gasteiger partial charge >= 0.3 is 0 Å². The maximum absolute atomic E-state index is 4.80. The lowest BCUT2D eigenvalue weighted by Gasteiger charge is -1.82. The van der Waals surface area contributed by atoms with E-state index in [1.54, 1.807) is 0 Å². The van der Waals surface area contributed by atoms with Gasteiger partial charge in [-0.2, -0.15) is 0 Å². The van der Waals surface area contributed by atoms with Crippen LogP contribution in [-0.4, -0.2) is 16.0 Å². The molecular formula is CH5N2Si. The Morgan fingerprint density at radius 1 is 1.50 bits per heavy atom. The predicted molar refractivity (Wildman–Crippen MR) is 17.9 cm³/mol. The summed E-state index contributed by atoms with van der Waals surface area (Å²) in [6.07, 6.45) is 0. The molecule has 0 aromatic rings. The molecule has 2 nitrogen and oxygen atoms in total. The molecule has 0 fully saturated rings. The Bertz CT molecular complexity index is 10.8. The minimum absolute atomic E-state index is 0.361. The Labute approximate surface area is 28.6 Å². The normalized spacial score (nSPS) is 9.00. The van der Waals surface area contributed by atoms with Crippen LogP contribution in [0.25, 0.3) is 0 Å². The Kier molecular flexibility index (Phi) is 1.51. The van der Waals surface area contributed by atoms with Crippen LogP contribution in [0.15, 0.2) is 0 Å². The van der Waals surface area contributed by atoms with Gasteiger partial charge in [0, 0.05) is 5.79 Å². The average Bonchev–Trinajstić information content (AvgIpc) is 0.811. The molecule has 0 saturated heterocycles. The third-order valence-corrected chi connectivity index (χ3v) is 0. The second kappa shape index (κ2) is 1.46. The van der Waals surface area contributed by atoms with Gasteiger partial charge in [-0.15, -0.1) is 0 Å². The summed E-state index contributed by atoms with van der Waals surface area (Å²) in [5, 5.41) is 0. The average molecular weight is 73.2 g/mol. The number of rotatable bonds is 0. The molecule has 0 spiro atoms. The third kappa shape index (κ3) is 147. The van der Waals surface area contributed by atoms with Gasteiger partial charge in [0.2, 0.25) is 0 Å². The summed E-state index contributed by atoms with van der Waals surface area (Å²) in [6, 6.07) is 0. The van der Waals surface area contributed by atoms with Crippen molar-refractivity contribution in [2.75, 3.05) is 0 Å². The van der Waals surface area contributed by atoms with Crippen LogP contribution in [0, 0.1) is 0 Å². The largest absolute Gasteiger partial charge is 0.320 e. The highest BCUT2D eigenvalue weighted by atomic mass is 28.1. The van der Waals surface area contributed by atoms with Crippen LogP contribution in [0.3, 0.4) is 0 Å². The van der Waals surface area contributed by atoms with Gasteiger partial charge in [-0.25, -0.2) is 0 Å². The number of nitrogens with two attached hydrogens (primary N) is 2. The summed E-state index contributed by atoms with van der Waals surface area (Å²) in [5.74, 6) is -0.361. The van der Waals surface area contributed by atoms with Gasteiger partial charge in [0.05, 0.1) is 10.2 Å². The Morgan fingerprint density at radius 2 is 1.50 bits per heavy atom. The van der Waals surface area contributed by atoms with E-state index in [2.05, 4.69) is 10.2 Å². The summed E-state index contributed by atoms with van der Waals surface area (Å²) in [6.45, 7) is 0. The maximum Gasteiger partial charge on any atom is 0.0690 e. The molecular weight excluding hydrogens is 68.1 g/mol. The minimum Gasteiger partial charge on any atom is -0.320 e. The molecule has 0 aliphatic rings. The smallest absolute Gasteiger partial charge is 0.0690 e. The Morgan fingerprint density at radius 3 is 1.50 bits per heavy atom. The fourth-order valence-corrected chi connectivity index (χ4v) is 0. The highest BCUT2D eigenvalue weighted by molar-refractivity contribution is 6.10. The van der Waals surface area contributed by atoms with E-state index < -0.39 is 0 Å². The van der Waals surface area contributed by atoms with Crippen LogP contribution in [0.4, 0.5) is 0 Å². The minimum atomic E-state index is -0.361. The summed E-state index contributed by atoms with van der Waals surface area (Å²) in [4.78, 5) is 0. The van der Waals surface area contributed by atoms with Crippen molar-refractivity contribution >= 4 is 10.2 Å². The lowest BCUT2D eigenvalue weighted by Crippen LogP contribution is -2.29. The molecule has 0 bridgehead atoms. The van der Waals surface area contributed by atoms with E-state index in [-0.39, 0.29) is 5.79 Å². The SMILES string of the molecule is NC(N)[Si]. The third-order valence-electron chi connectivity index (χ3n) is 0. The molecule has 0 heterocycles. The molecule has 0 rings (SSSR count). The molecule has 23 valence electrons. The van der Waals surface area contributed by atoms with E-state index >= 15 is 0 Å². The van der Waals surface area contributed by atoms with Gasteiger partial charge in [-0.1, -0.05) is 0 Å². The zero-order chi connectivity index (χ0) is 3.58. The van der Waals surface area contributed by atoms with Gasteiger partial charge in [0.15, 0.2) is 0 Å². The lowest BCUT2D eigenvalue weighted by molar-refractivity contribution is 0.973. The summed E-state index contributed by atoms with van der Waals surface area (Å²) >= 11 is 0. The van der Waals surface area contributed by atoms with E-state index in [4.69, 9.17) is 11.5 Å². The van der Waals surface area contributed by atoms with Gasteiger partial charge in [0.25, 0.3) is 0 Å². The fraction of sp³-hybridized carbons (Fsp3) is 1.00. The van der Waals surface area contributed by atoms with Crippen molar-refractivity contribution < 1.29 is 0 Å². The van der Waals surface area contributed by atoms with E-state index in [0.717, 1.165) is 0 Å². The van der Waals surface area contributed by atoms with Crippen molar-refractivity contribution in [1.29, 1.82) is 0 Å². The molecule has 0 aromatic carbocycles. The topological polar surface area (TPSA) is 52.0 Å². The quantitative estimate of drug-likeness (QED) is 0.267. The number of hydrogen-bond donors (Lipinski definition) is 2. The van der Waals surface area contributed by atoms with Crippen molar-refractivity contribution in [3.63, 3.8) is 0 Å². The first-order valence-corrected chi connectivity index (χ1v) is 1.53. The van der Waals surface area contributed by atoms with Crippen molar-refractivity contribution in [2.45, 2.75) is 5.79 Å². The first-order chi connectivity index (χ1) is 1.73. The summed E-state index contributed by atoms with van der Waals surface area (Å²) in [7, 11) is 2.87. The van der Waals surface area contributed by atoms with E-state index in [9.17, 15) is 0 Å². The molecule has 0 amide bonds. The molecule has 0 aromatic heterocycles. The highest BCUT2D eigenvalue weighted by Crippen LogP contribution is 1.27. The van der Waals surface area contributed by atoms with Crippen LogP contribution in [-0.2, 0) is 0 Å². The molecule has 0 aliphatic heterocycles. The van der Waals surface area contributed by atoms with Crippen LogP contribution in [0.5, 0.6) is 0 Å². The Balaban J connectivity index is 2.32. The van der Waals surface area contributed by atoms with Crippen molar-refractivity contribution in [2.24, 2.45) is 11.5 Å². The van der Waals surface area contributed by atoms with E-state index in [1.165, 1.54) is 0 Å². The first-order valence-electron chi connectivity index (χ1n) is 0.955. The highest BCUT2D eigenvalue weighted by Gasteiger charge is 1.67. The molecule has 3 radical (unpaired) electrons. The van der Waals surface area contributed by atoms with E-state index in [1.807, 2.05) is 0 Å². The zero-order valence-electron chi connectivity index (χ0n) is 2.23. The summed E-state index contributed by atoms with van der Waals surface area (Å²) in [5.41, 5.74) is 9.60. The van der Waals surface area contributed by atoms with Crippen LogP contribution in [0.2, 0.25) is 0 Å². The van der Waals surface area contributed by atoms with Crippen molar-refractivity contribution in [1.82, 2.24) is 0 Å². The molecule has 0 saturated carbocycles. The second-order valence-electron chi connectivity index (χ2n) is 0.526. The molecule has 0 unspecified atom stereocenters. The van der Waals surface area contributed by atoms with Gasteiger partial charge in [0.1, 0.15) is 0 Å². The van der Waals surface area contributed by atoms with Crippen LogP contribution in [0.1, 0.15) is 0 Å². The molecule has 0 aliphatic carbocycles. The standard InChI is InChI=1S/CH5N2Si/c2-1(3)4/h1H,2-3H2. The first kappa shape index (κ1) is 4.14. The zero-order valence-corrected chi connectivity index (χ0v) is 3.23.